The summed E-state index contributed by atoms with van der Waals surface area (Å²) in [7, 11) is 0. The molecule has 1 aliphatic rings. The predicted octanol–water partition coefficient (Wildman–Crippen LogP) is 2.84. The maximum Gasteiger partial charge on any atom is 0.308 e. The Hall–Kier alpha value is -1.43. The van der Waals surface area contributed by atoms with Crippen LogP contribution in [0.4, 0.5) is 4.39 Å². The van der Waals surface area contributed by atoms with E-state index in [0.717, 1.165) is 12.8 Å². The Morgan fingerprint density at radius 1 is 1.48 bits per heavy atom. The van der Waals surface area contributed by atoms with E-state index in [1.165, 1.54) is 6.07 Å². The molecule has 1 N–H and O–H groups in total. The molecule has 0 bridgehead atoms. The van der Waals surface area contributed by atoms with Crippen molar-refractivity contribution >= 4 is 27.8 Å². The summed E-state index contributed by atoms with van der Waals surface area (Å²) in [5, 5.41) is 8.99. The zero-order valence-electron chi connectivity index (χ0n) is 11.7. The van der Waals surface area contributed by atoms with Gasteiger partial charge in [0.2, 0.25) is 5.91 Å². The van der Waals surface area contributed by atoms with Gasteiger partial charge in [-0.25, -0.2) is 4.39 Å². The van der Waals surface area contributed by atoms with Gasteiger partial charge in [0.25, 0.3) is 0 Å². The Morgan fingerprint density at radius 3 is 2.67 bits per heavy atom. The highest BCUT2D eigenvalue weighted by molar-refractivity contribution is 9.10. The quantitative estimate of drug-likeness (QED) is 0.851. The average Bonchev–Trinajstić information content (AvgIpc) is 3.24. The van der Waals surface area contributed by atoms with Crippen LogP contribution >= 0.6 is 15.9 Å². The zero-order valence-corrected chi connectivity index (χ0v) is 13.3. The predicted molar refractivity (Wildman–Crippen MR) is 79.3 cm³/mol. The number of benzene rings is 1. The molecule has 0 spiro atoms. The monoisotopic (exact) mass is 357 g/mol. The Morgan fingerprint density at radius 2 is 2.14 bits per heavy atom. The number of aliphatic carboxylic acids is 1. The van der Waals surface area contributed by atoms with Crippen LogP contribution in [0.3, 0.4) is 0 Å². The fourth-order valence-corrected chi connectivity index (χ4v) is 2.57. The highest BCUT2D eigenvalue weighted by atomic mass is 79.9. The molecule has 21 heavy (non-hydrogen) atoms. The van der Waals surface area contributed by atoms with Crippen molar-refractivity contribution in [1.82, 2.24) is 4.90 Å². The molecule has 0 radical (unpaired) electrons. The zero-order chi connectivity index (χ0) is 15.6. The molecule has 2 rings (SSSR count). The van der Waals surface area contributed by atoms with Crippen molar-refractivity contribution in [3.05, 3.63) is 34.1 Å². The second-order valence-electron chi connectivity index (χ2n) is 5.44. The second kappa shape index (κ2) is 6.56. The van der Waals surface area contributed by atoms with E-state index in [4.69, 9.17) is 5.11 Å². The molecule has 1 atom stereocenters. The maximum atomic E-state index is 13.2. The summed E-state index contributed by atoms with van der Waals surface area (Å²) in [6.45, 7) is 1.82. The Kier molecular flexibility index (Phi) is 4.98. The summed E-state index contributed by atoms with van der Waals surface area (Å²) < 4.78 is 13.5. The molecule has 1 aliphatic carbocycles. The number of nitrogens with zero attached hydrogens (tertiary/aromatic N) is 1. The topological polar surface area (TPSA) is 57.6 Å². The van der Waals surface area contributed by atoms with Gasteiger partial charge in [-0.05, 0) is 46.5 Å². The third kappa shape index (κ3) is 4.27. The fraction of sp³-hybridized carbons (Fsp3) is 0.467. The summed E-state index contributed by atoms with van der Waals surface area (Å²) in [5.74, 6) is -1.97. The van der Waals surface area contributed by atoms with Gasteiger partial charge in [-0.15, -0.1) is 0 Å². The molecule has 6 heteroatoms. The van der Waals surface area contributed by atoms with Gasteiger partial charge in [0.05, 0.1) is 16.8 Å². The van der Waals surface area contributed by atoms with E-state index in [2.05, 4.69) is 15.9 Å². The lowest BCUT2D eigenvalue weighted by Gasteiger charge is -2.24. The van der Waals surface area contributed by atoms with Crippen molar-refractivity contribution in [1.29, 1.82) is 0 Å². The second-order valence-corrected chi connectivity index (χ2v) is 6.30. The van der Waals surface area contributed by atoms with Crippen LogP contribution in [-0.2, 0) is 16.0 Å². The number of halogens is 2. The van der Waals surface area contributed by atoms with Crippen LogP contribution in [0, 0.1) is 11.7 Å². The molecule has 1 fully saturated rings. The standard InChI is InChI=1S/C15H17BrFNO3/c1-9(15(20)21)8-18(11-3-4-11)14(19)7-10-2-5-13(17)12(16)6-10/h2,5-6,9,11H,3-4,7-8H2,1H3,(H,20,21). The van der Waals surface area contributed by atoms with Gasteiger partial charge in [0, 0.05) is 12.6 Å². The van der Waals surface area contributed by atoms with Crippen LogP contribution in [0.5, 0.6) is 0 Å². The highest BCUT2D eigenvalue weighted by Gasteiger charge is 2.34. The fourth-order valence-electron chi connectivity index (χ4n) is 2.14. The minimum absolute atomic E-state index is 0.107. The molecule has 0 heterocycles. The maximum absolute atomic E-state index is 13.2. The summed E-state index contributed by atoms with van der Waals surface area (Å²) >= 11 is 3.10. The lowest BCUT2D eigenvalue weighted by atomic mass is 10.1. The first kappa shape index (κ1) is 15.9. The van der Waals surface area contributed by atoms with Crippen LogP contribution in [0.2, 0.25) is 0 Å². The van der Waals surface area contributed by atoms with Gasteiger partial charge in [0.15, 0.2) is 0 Å². The molecule has 1 unspecified atom stereocenters. The van der Waals surface area contributed by atoms with Crippen molar-refractivity contribution in [2.75, 3.05) is 6.54 Å². The van der Waals surface area contributed by atoms with Crippen molar-refractivity contribution in [2.24, 2.45) is 5.92 Å². The normalized spacial score (nSPS) is 15.6. The van der Waals surface area contributed by atoms with E-state index in [-0.39, 0.29) is 30.7 Å². The van der Waals surface area contributed by atoms with Gasteiger partial charge in [-0.2, -0.15) is 0 Å². The number of carbonyl (C=O) groups is 2. The third-order valence-corrected chi connectivity index (χ3v) is 4.15. The Balaban J connectivity index is 2.04. The molecule has 1 amide bonds. The molecular weight excluding hydrogens is 341 g/mol. The summed E-state index contributed by atoms with van der Waals surface area (Å²) in [6, 6.07) is 4.62. The van der Waals surface area contributed by atoms with E-state index >= 15 is 0 Å². The first-order chi connectivity index (χ1) is 9.88. The first-order valence-electron chi connectivity index (χ1n) is 6.84. The largest absolute Gasteiger partial charge is 0.481 e. The molecule has 1 aromatic carbocycles. The van der Waals surface area contributed by atoms with E-state index in [1.54, 1.807) is 24.0 Å². The van der Waals surface area contributed by atoms with Crippen LogP contribution < -0.4 is 0 Å². The molecule has 1 saturated carbocycles. The summed E-state index contributed by atoms with van der Waals surface area (Å²) in [4.78, 5) is 25.0. The van der Waals surface area contributed by atoms with Gasteiger partial charge in [-0.1, -0.05) is 13.0 Å². The van der Waals surface area contributed by atoms with Gasteiger partial charge < -0.3 is 10.0 Å². The lowest BCUT2D eigenvalue weighted by Crippen LogP contribution is -2.39. The molecule has 0 aromatic heterocycles. The van der Waals surface area contributed by atoms with Crippen molar-refractivity contribution < 1.29 is 19.1 Å². The lowest BCUT2D eigenvalue weighted by molar-refractivity contribution is -0.143. The smallest absolute Gasteiger partial charge is 0.308 e. The number of amides is 1. The first-order valence-corrected chi connectivity index (χ1v) is 7.64. The van der Waals surface area contributed by atoms with Crippen LogP contribution in [-0.4, -0.2) is 34.5 Å². The summed E-state index contributed by atoms with van der Waals surface area (Å²) in [6.07, 6.45) is 2.00. The van der Waals surface area contributed by atoms with E-state index in [0.29, 0.717) is 10.0 Å². The van der Waals surface area contributed by atoms with Crippen molar-refractivity contribution in [3.8, 4) is 0 Å². The van der Waals surface area contributed by atoms with Crippen molar-refractivity contribution in [3.63, 3.8) is 0 Å². The minimum Gasteiger partial charge on any atom is -0.481 e. The number of carboxylic acid groups (broad SMARTS) is 1. The molecule has 0 saturated heterocycles. The van der Waals surface area contributed by atoms with Crippen LogP contribution in [0.1, 0.15) is 25.3 Å². The van der Waals surface area contributed by atoms with E-state index in [1.807, 2.05) is 0 Å². The Bertz CT molecular complexity index is 560. The number of carboxylic acids is 1. The number of rotatable bonds is 6. The molecular formula is C15H17BrFNO3. The minimum atomic E-state index is -0.905. The number of carbonyl (C=O) groups excluding carboxylic acids is 1. The van der Waals surface area contributed by atoms with Gasteiger partial charge in [-0.3, -0.25) is 9.59 Å². The molecule has 4 nitrogen and oxygen atoms in total. The Labute approximate surface area is 131 Å². The van der Waals surface area contributed by atoms with Gasteiger partial charge >= 0.3 is 5.97 Å². The summed E-state index contributed by atoms with van der Waals surface area (Å²) in [5.41, 5.74) is 0.710. The van der Waals surface area contributed by atoms with E-state index in [9.17, 15) is 14.0 Å². The number of hydrogen-bond acceptors (Lipinski definition) is 2. The van der Waals surface area contributed by atoms with Crippen LogP contribution in [0.15, 0.2) is 22.7 Å². The molecule has 114 valence electrons. The van der Waals surface area contributed by atoms with Crippen molar-refractivity contribution in [2.45, 2.75) is 32.2 Å². The van der Waals surface area contributed by atoms with Gasteiger partial charge in [0.1, 0.15) is 5.82 Å². The third-order valence-electron chi connectivity index (χ3n) is 3.54. The number of hydrogen-bond donors (Lipinski definition) is 1. The highest BCUT2D eigenvalue weighted by Crippen LogP contribution is 2.28. The molecule has 1 aromatic rings. The van der Waals surface area contributed by atoms with E-state index < -0.39 is 11.9 Å². The molecule has 0 aliphatic heterocycles. The SMILES string of the molecule is CC(CN(C(=O)Cc1ccc(F)c(Br)c1)C1CC1)C(=O)O. The average molecular weight is 358 g/mol. The van der Waals surface area contributed by atoms with Crippen LogP contribution in [0.25, 0.3) is 0 Å².